The molecule has 0 spiro atoms. The smallest absolute Gasteiger partial charge is 0.306 e. The van der Waals surface area contributed by atoms with Crippen molar-refractivity contribution in [1.82, 2.24) is 5.32 Å². The lowest BCUT2D eigenvalue weighted by molar-refractivity contribution is -0.247. The fourth-order valence-corrected chi connectivity index (χ4v) is 7.69. The minimum Gasteiger partial charge on any atom is -0.507 e. The van der Waals surface area contributed by atoms with Gasteiger partial charge in [-0.3, -0.25) is 28.8 Å². The first-order chi connectivity index (χ1) is 27.5. The maximum atomic E-state index is 13.9. The van der Waals surface area contributed by atoms with Crippen LogP contribution in [0.25, 0.3) is 0 Å². The number of phenolic OH excluding ortho intramolecular Hbond substituents is 2. The van der Waals surface area contributed by atoms with Gasteiger partial charge in [-0.05, 0) is 25.0 Å². The molecule has 2 aliphatic carbocycles. The lowest BCUT2D eigenvalue weighted by Gasteiger charge is -2.42. The van der Waals surface area contributed by atoms with Gasteiger partial charge >= 0.3 is 5.97 Å². The van der Waals surface area contributed by atoms with Crippen molar-refractivity contribution in [2.24, 2.45) is 11.5 Å². The Kier molecular flexibility index (Phi) is 12.3. The molecule has 0 unspecified atom stereocenters. The minimum atomic E-state index is -2.43. The number of aromatic hydroxyl groups is 2. The molecule has 0 radical (unpaired) electrons. The number of rotatable bonds is 14. The largest absolute Gasteiger partial charge is 0.507 e. The highest BCUT2D eigenvalue weighted by atomic mass is 16.7. The molecular weight excluding hydrogens is 758 g/mol. The maximum absolute atomic E-state index is 13.9. The Labute approximate surface area is 332 Å². The van der Waals surface area contributed by atoms with Gasteiger partial charge in [0.25, 0.3) is 0 Å². The molecule has 9 N–H and O–H groups in total. The number of amides is 2. The summed E-state index contributed by atoms with van der Waals surface area (Å²) in [4.78, 5) is 78.7. The van der Waals surface area contributed by atoms with Gasteiger partial charge in [0.2, 0.25) is 23.4 Å². The van der Waals surface area contributed by atoms with Gasteiger partial charge in [-0.2, -0.15) is 0 Å². The maximum Gasteiger partial charge on any atom is 0.306 e. The lowest BCUT2D eigenvalue weighted by Crippen LogP contribution is -2.53. The molecule has 1 heterocycles. The van der Waals surface area contributed by atoms with E-state index in [9.17, 15) is 49.2 Å². The number of benzene rings is 3. The summed E-state index contributed by atoms with van der Waals surface area (Å²) < 4.78 is 22.4. The average molecular weight is 804 g/mol. The van der Waals surface area contributed by atoms with Crippen LogP contribution in [0.15, 0.2) is 48.5 Å². The highest BCUT2D eigenvalue weighted by molar-refractivity contribution is 6.31. The number of carbonyl (C=O) groups is 6. The van der Waals surface area contributed by atoms with Crippen LogP contribution < -0.4 is 21.5 Å². The number of ketones is 3. The number of hydrogen-bond acceptors (Lipinski definition) is 15. The molecule has 0 bridgehead atoms. The van der Waals surface area contributed by atoms with Gasteiger partial charge in [0.15, 0.2) is 18.7 Å². The summed E-state index contributed by atoms with van der Waals surface area (Å²) in [5, 5.41) is 48.3. The molecule has 58 heavy (non-hydrogen) atoms. The third-order valence-corrected chi connectivity index (χ3v) is 10.8. The van der Waals surface area contributed by atoms with E-state index in [4.69, 9.17) is 30.4 Å². The Morgan fingerprint density at radius 1 is 0.983 bits per heavy atom. The lowest BCUT2D eigenvalue weighted by atomic mass is 9.72. The minimum absolute atomic E-state index is 0.0140. The second-order valence-electron chi connectivity index (χ2n) is 14.7. The van der Waals surface area contributed by atoms with Crippen LogP contribution in [0, 0.1) is 0 Å². The predicted octanol–water partition coefficient (Wildman–Crippen LogP) is 0.935. The summed E-state index contributed by atoms with van der Waals surface area (Å²) in [5.74, 6) is -6.29. The zero-order chi connectivity index (χ0) is 42.1. The molecule has 1 aliphatic heterocycles. The topological polar surface area (TPSA) is 284 Å². The van der Waals surface area contributed by atoms with Gasteiger partial charge in [-0.1, -0.05) is 42.5 Å². The van der Waals surface area contributed by atoms with Crippen LogP contribution >= 0.6 is 0 Å². The molecule has 3 aromatic carbocycles. The molecule has 17 heteroatoms. The Balaban J connectivity index is 1.19. The molecule has 1 saturated heterocycles. The molecule has 308 valence electrons. The fraction of sp³-hybridized carbons (Fsp3) is 0.415. The number of ether oxygens (including phenoxy) is 4. The monoisotopic (exact) mass is 803 g/mol. The second-order valence-corrected chi connectivity index (χ2v) is 14.7. The number of nitrogens with one attached hydrogen (secondary N) is 1. The molecule has 7 atom stereocenters. The van der Waals surface area contributed by atoms with Crippen LogP contribution in [0.3, 0.4) is 0 Å². The number of fused-ring (bicyclic) bond motifs is 3. The Morgan fingerprint density at radius 2 is 1.69 bits per heavy atom. The van der Waals surface area contributed by atoms with Gasteiger partial charge in [0, 0.05) is 61.3 Å². The number of carbonyl (C=O) groups excluding carboxylic acids is 6. The predicted molar refractivity (Wildman–Crippen MR) is 201 cm³/mol. The highest BCUT2D eigenvalue weighted by Gasteiger charge is 2.50. The summed E-state index contributed by atoms with van der Waals surface area (Å²) >= 11 is 0. The van der Waals surface area contributed by atoms with Crippen LogP contribution in [0.1, 0.15) is 93.7 Å². The second kappa shape index (κ2) is 17.0. The SMILES string of the molecule is COc1cccc2c1C(=O)c1c(O)c3c(c(O)c1C2=O)C[C@@](O)(C(=O)COC(=O)CCCC(=O)N[C@H](Cc1ccccc1)C(N)=O)C[C@@H]3O[C@H]1C[C@H](N)[C@H](O)[C@H](C)O1. The highest BCUT2D eigenvalue weighted by Crippen LogP contribution is 2.52. The van der Waals surface area contributed by atoms with Crippen LogP contribution in [0.2, 0.25) is 0 Å². The van der Waals surface area contributed by atoms with Crippen molar-refractivity contribution in [2.75, 3.05) is 13.7 Å². The van der Waals surface area contributed by atoms with E-state index in [-0.39, 0.29) is 60.1 Å². The van der Waals surface area contributed by atoms with Gasteiger partial charge in [0.05, 0.1) is 42.1 Å². The van der Waals surface area contributed by atoms with Crippen LogP contribution in [-0.2, 0) is 46.2 Å². The molecule has 0 saturated carbocycles. The summed E-state index contributed by atoms with van der Waals surface area (Å²) in [5.41, 5.74) is 8.13. The van der Waals surface area contributed by atoms with Gasteiger partial charge < -0.3 is 56.2 Å². The summed E-state index contributed by atoms with van der Waals surface area (Å²) in [6, 6.07) is 11.4. The zero-order valence-electron chi connectivity index (χ0n) is 31.8. The third-order valence-electron chi connectivity index (χ3n) is 10.8. The van der Waals surface area contributed by atoms with Crippen molar-refractivity contribution in [3.05, 3.63) is 87.5 Å². The number of hydrogen-bond donors (Lipinski definition) is 7. The molecule has 3 aliphatic rings. The van der Waals surface area contributed by atoms with Gasteiger partial charge in [0.1, 0.15) is 28.9 Å². The summed E-state index contributed by atoms with van der Waals surface area (Å²) in [6.45, 7) is 0.606. The molecule has 3 aromatic rings. The molecule has 6 rings (SSSR count). The number of esters is 1. The van der Waals surface area contributed by atoms with Crippen molar-refractivity contribution in [1.29, 1.82) is 0 Å². The number of methoxy groups -OCH3 is 1. The first-order valence-electron chi connectivity index (χ1n) is 18.7. The Bertz CT molecular complexity index is 2130. The van der Waals surface area contributed by atoms with E-state index in [1.807, 2.05) is 0 Å². The van der Waals surface area contributed by atoms with Crippen LogP contribution in [-0.4, -0.2) is 105 Å². The van der Waals surface area contributed by atoms with E-state index in [1.165, 1.54) is 25.3 Å². The first kappa shape index (κ1) is 41.9. The van der Waals surface area contributed by atoms with E-state index < -0.39 is 119 Å². The fourth-order valence-electron chi connectivity index (χ4n) is 7.69. The van der Waals surface area contributed by atoms with Crippen molar-refractivity contribution in [3.63, 3.8) is 0 Å². The number of phenols is 2. The zero-order valence-corrected chi connectivity index (χ0v) is 31.8. The van der Waals surface area contributed by atoms with Crippen LogP contribution in [0.4, 0.5) is 0 Å². The Morgan fingerprint density at radius 3 is 2.36 bits per heavy atom. The number of aliphatic hydroxyl groups excluding tert-OH is 1. The van der Waals surface area contributed by atoms with Crippen molar-refractivity contribution in [2.45, 2.75) is 94.2 Å². The van der Waals surface area contributed by atoms with Gasteiger partial charge in [-0.15, -0.1) is 0 Å². The average Bonchev–Trinajstić information content (AvgIpc) is 3.18. The van der Waals surface area contributed by atoms with E-state index >= 15 is 0 Å². The molecule has 0 aromatic heterocycles. The quantitative estimate of drug-likeness (QED) is 0.0690. The molecule has 17 nitrogen and oxygen atoms in total. The van der Waals surface area contributed by atoms with Crippen molar-refractivity contribution >= 4 is 35.1 Å². The third kappa shape index (κ3) is 8.30. The van der Waals surface area contributed by atoms with Crippen molar-refractivity contribution in [3.8, 4) is 17.2 Å². The molecular formula is C41H45N3O14. The number of Topliss-reactive ketones (excluding diaryl/α,β-unsaturated/α-hetero) is 1. The summed E-state index contributed by atoms with van der Waals surface area (Å²) in [7, 11) is 1.30. The Hall–Kier alpha value is -5.72. The van der Waals surface area contributed by atoms with E-state index in [0.717, 1.165) is 5.56 Å². The normalized spacial score (nSPS) is 24.1. The number of nitrogens with two attached hydrogens (primary N) is 2. The van der Waals surface area contributed by atoms with Gasteiger partial charge in [-0.25, -0.2) is 0 Å². The standard InChI is InChI=1S/C41H45N3O14/c1-19-35(48)23(42)15-30(57-19)58-26-17-41(54,27(45)18-56-29(47)13-7-12-28(46)44-24(40(43)53)14-20-8-4-3-5-9-20)16-22-32(26)39(52)34-33(37(22)50)36(49)21-10-6-11-25(55-2)31(21)38(34)51/h3-6,8-11,19,23-24,26,30,35,48,50,52,54H,7,12-18,42H2,1-2H3,(H2,43,53)(H,44,46)/t19-,23-,24+,26-,30-,35+,41-/m0/s1. The molecule has 1 fully saturated rings. The van der Waals surface area contributed by atoms with Crippen LogP contribution in [0.5, 0.6) is 17.2 Å². The van der Waals surface area contributed by atoms with E-state index in [1.54, 1.807) is 37.3 Å². The number of aliphatic hydroxyl groups is 2. The van der Waals surface area contributed by atoms with E-state index in [0.29, 0.717) is 0 Å². The summed E-state index contributed by atoms with van der Waals surface area (Å²) in [6.07, 6.45) is -6.16. The van der Waals surface area contributed by atoms with E-state index in [2.05, 4.69) is 5.32 Å². The number of primary amides is 1. The van der Waals surface area contributed by atoms with Crippen molar-refractivity contribution < 1.29 is 68.1 Å². The first-order valence-corrected chi connectivity index (χ1v) is 18.7. The molecule has 2 amide bonds.